The minimum atomic E-state index is 0.209. The zero-order chi connectivity index (χ0) is 13.5. The quantitative estimate of drug-likeness (QED) is 0.888. The minimum absolute atomic E-state index is 0.209. The first-order valence-corrected chi connectivity index (χ1v) is 8.13. The Morgan fingerprint density at radius 3 is 2.60 bits per heavy atom. The molecule has 20 heavy (non-hydrogen) atoms. The molecule has 1 N–H and O–H groups in total. The first-order chi connectivity index (χ1) is 9.81. The van der Waals surface area contributed by atoms with Gasteiger partial charge in [-0.1, -0.05) is 24.3 Å². The number of benzene rings is 1. The molecule has 2 aromatic rings. The van der Waals surface area contributed by atoms with Gasteiger partial charge in [0, 0.05) is 22.0 Å². The second-order valence-corrected chi connectivity index (χ2v) is 6.88. The number of thiophene rings is 1. The molecule has 2 fully saturated rings. The van der Waals surface area contributed by atoms with Gasteiger partial charge in [0.1, 0.15) is 0 Å². The SMILES string of the molecule is O=C(Nc1ccccc1-c1cccs1)C1CC2CC2C1. The maximum atomic E-state index is 12.4. The van der Waals surface area contributed by atoms with E-state index in [1.807, 2.05) is 24.3 Å². The average Bonchev–Trinajstić information content (AvgIpc) is 2.91. The highest BCUT2D eigenvalue weighted by Gasteiger charge is 2.48. The molecule has 2 saturated carbocycles. The molecule has 3 heteroatoms. The van der Waals surface area contributed by atoms with Crippen LogP contribution in [-0.4, -0.2) is 5.91 Å². The zero-order valence-corrected chi connectivity index (χ0v) is 12.0. The van der Waals surface area contributed by atoms with Gasteiger partial charge in [0.25, 0.3) is 0 Å². The molecule has 2 nitrogen and oxygen atoms in total. The number of carbonyl (C=O) groups excluding carboxylic acids is 1. The van der Waals surface area contributed by atoms with E-state index >= 15 is 0 Å². The Labute approximate surface area is 122 Å². The van der Waals surface area contributed by atoms with E-state index in [4.69, 9.17) is 0 Å². The predicted octanol–water partition coefficient (Wildman–Crippen LogP) is 4.40. The summed E-state index contributed by atoms with van der Waals surface area (Å²) in [6.07, 6.45) is 3.55. The van der Waals surface area contributed by atoms with Crippen molar-refractivity contribution in [1.82, 2.24) is 0 Å². The molecule has 2 aliphatic carbocycles. The monoisotopic (exact) mass is 283 g/mol. The predicted molar refractivity (Wildman–Crippen MR) is 82.7 cm³/mol. The van der Waals surface area contributed by atoms with Gasteiger partial charge >= 0.3 is 0 Å². The van der Waals surface area contributed by atoms with Crippen molar-refractivity contribution < 1.29 is 4.79 Å². The molecule has 0 aliphatic heterocycles. The lowest BCUT2D eigenvalue weighted by Crippen LogP contribution is -2.21. The molecule has 4 rings (SSSR count). The second kappa shape index (κ2) is 4.74. The van der Waals surface area contributed by atoms with E-state index < -0.39 is 0 Å². The van der Waals surface area contributed by atoms with Crippen molar-refractivity contribution in [3.05, 3.63) is 41.8 Å². The van der Waals surface area contributed by atoms with Crippen LogP contribution in [0.4, 0.5) is 5.69 Å². The van der Waals surface area contributed by atoms with Crippen molar-refractivity contribution in [3.8, 4) is 10.4 Å². The van der Waals surface area contributed by atoms with Crippen molar-refractivity contribution >= 4 is 22.9 Å². The largest absolute Gasteiger partial charge is 0.325 e. The lowest BCUT2D eigenvalue weighted by atomic mass is 10.0. The third kappa shape index (κ3) is 2.16. The summed E-state index contributed by atoms with van der Waals surface area (Å²) in [6.45, 7) is 0. The van der Waals surface area contributed by atoms with Crippen molar-refractivity contribution in [3.63, 3.8) is 0 Å². The average molecular weight is 283 g/mol. The first-order valence-electron chi connectivity index (χ1n) is 7.25. The Morgan fingerprint density at radius 1 is 1.05 bits per heavy atom. The van der Waals surface area contributed by atoms with Gasteiger partial charge in [0.05, 0.1) is 0 Å². The minimum Gasteiger partial charge on any atom is -0.325 e. The molecular formula is C17H17NOS. The third-order valence-electron chi connectivity index (χ3n) is 4.59. The summed E-state index contributed by atoms with van der Waals surface area (Å²) < 4.78 is 0. The van der Waals surface area contributed by atoms with Crippen LogP contribution in [0.25, 0.3) is 10.4 Å². The molecule has 102 valence electrons. The zero-order valence-electron chi connectivity index (χ0n) is 11.2. The standard InChI is InChI=1S/C17H17NOS/c19-17(13-9-11-8-12(11)10-13)18-15-5-2-1-4-14(15)16-6-3-7-20-16/h1-7,11-13H,8-10H2,(H,18,19). The van der Waals surface area contributed by atoms with Gasteiger partial charge < -0.3 is 5.32 Å². The van der Waals surface area contributed by atoms with Crippen molar-refractivity contribution in [2.75, 3.05) is 5.32 Å². The smallest absolute Gasteiger partial charge is 0.227 e. The van der Waals surface area contributed by atoms with Gasteiger partial charge in [0.15, 0.2) is 0 Å². The summed E-state index contributed by atoms with van der Waals surface area (Å²) in [5.74, 6) is 2.13. The van der Waals surface area contributed by atoms with E-state index in [1.165, 1.54) is 11.3 Å². The fraction of sp³-hybridized carbons (Fsp3) is 0.353. The Hall–Kier alpha value is -1.61. The van der Waals surface area contributed by atoms with Crippen molar-refractivity contribution in [1.29, 1.82) is 0 Å². The number of nitrogens with one attached hydrogen (secondary N) is 1. The van der Waals surface area contributed by atoms with E-state index in [-0.39, 0.29) is 11.8 Å². The second-order valence-electron chi connectivity index (χ2n) is 5.94. The van der Waals surface area contributed by atoms with Crippen molar-refractivity contribution in [2.45, 2.75) is 19.3 Å². The number of fused-ring (bicyclic) bond motifs is 1. The van der Waals surface area contributed by atoms with E-state index in [0.717, 1.165) is 35.9 Å². The van der Waals surface area contributed by atoms with E-state index in [1.54, 1.807) is 11.3 Å². The summed E-state index contributed by atoms with van der Waals surface area (Å²) in [5, 5.41) is 5.22. The molecule has 0 spiro atoms. The van der Waals surface area contributed by atoms with Gasteiger partial charge in [-0.25, -0.2) is 0 Å². The van der Waals surface area contributed by atoms with Gasteiger partial charge in [-0.3, -0.25) is 4.79 Å². The van der Waals surface area contributed by atoms with Crippen LogP contribution < -0.4 is 5.32 Å². The molecule has 0 radical (unpaired) electrons. The first kappa shape index (κ1) is 12.2. The Kier molecular flexibility index (Phi) is 2.88. The van der Waals surface area contributed by atoms with Crippen molar-refractivity contribution in [2.24, 2.45) is 17.8 Å². The highest BCUT2D eigenvalue weighted by Crippen LogP contribution is 2.54. The van der Waals surface area contributed by atoms with Crippen LogP contribution in [0, 0.1) is 17.8 Å². The highest BCUT2D eigenvalue weighted by atomic mass is 32.1. The summed E-state index contributed by atoms with van der Waals surface area (Å²) >= 11 is 1.71. The molecule has 1 amide bonds. The molecule has 1 aromatic heterocycles. The lowest BCUT2D eigenvalue weighted by molar-refractivity contribution is -0.120. The molecular weight excluding hydrogens is 266 g/mol. The summed E-state index contributed by atoms with van der Waals surface area (Å²) in [5.41, 5.74) is 2.07. The summed E-state index contributed by atoms with van der Waals surface area (Å²) in [4.78, 5) is 13.6. The molecule has 0 saturated heterocycles. The Balaban J connectivity index is 1.55. The van der Waals surface area contributed by atoms with E-state index in [2.05, 4.69) is 22.8 Å². The van der Waals surface area contributed by atoms with Crippen LogP contribution in [0.5, 0.6) is 0 Å². The molecule has 1 aromatic carbocycles. The summed E-state index contributed by atoms with van der Waals surface area (Å²) in [6, 6.07) is 12.2. The molecule has 1 heterocycles. The Bertz CT molecular complexity index is 624. The highest BCUT2D eigenvalue weighted by molar-refractivity contribution is 7.13. The number of amides is 1. The van der Waals surface area contributed by atoms with Crippen LogP contribution in [0.1, 0.15) is 19.3 Å². The van der Waals surface area contributed by atoms with Gasteiger partial charge in [0.2, 0.25) is 5.91 Å². The number of rotatable bonds is 3. The fourth-order valence-corrected chi connectivity index (χ4v) is 4.17. The van der Waals surface area contributed by atoms with E-state index in [0.29, 0.717) is 0 Å². The molecule has 0 bridgehead atoms. The van der Waals surface area contributed by atoms with Crippen LogP contribution >= 0.6 is 11.3 Å². The van der Waals surface area contributed by atoms with Gasteiger partial charge in [-0.2, -0.15) is 0 Å². The van der Waals surface area contributed by atoms with E-state index in [9.17, 15) is 4.79 Å². The Morgan fingerprint density at radius 2 is 1.85 bits per heavy atom. The van der Waals surface area contributed by atoms with Crippen LogP contribution in [0.15, 0.2) is 41.8 Å². The number of hydrogen-bond donors (Lipinski definition) is 1. The maximum Gasteiger partial charge on any atom is 0.227 e. The van der Waals surface area contributed by atoms with Crippen LogP contribution in [-0.2, 0) is 4.79 Å². The topological polar surface area (TPSA) is 29.1 Å². The summed E-state index contributed by atoms with van der Waals surface area (Å²) in [7, 11) is 0. The fourth-order valence-electron chi connectivity index (χ4n) is 3.40. The van der Waals surface area contributed by atoms with Gasteiger partial charge in [-0.05, 0) is 48.6 Å². The normalized spacial score (nSPS) is 27.1. The van der Waals surface area contributed by atoms with Gasteiger partial charge in [-0.15, -0.1) is 11.3 Å². The third-order valence-corrected chi connectivity index (χ3v) is 5.49. The number of para-hydroxylation sites is 1. The number of anilines is 1. The molecule has 2 unspecified atom stereocenters. The number of hydrogen-bond acceptors (Lipinski definition) is 2. The van der Waals surface area contributed by atoms with Crippen LogP contribution in [0.2, 0.25) is 0 Å². The maximum absolute atomic E-state index is 12.4. The lowest BCUT2D eigenvalue weighted by Gasteiger charge is -2.14. The molecule has 2 aliphatic rings. The molecule has 2 atom stereocenters. The van der Waals surface area contributed by atoms with Crippen LogP contribution in [0.3, 0.4) is 0 Å². The number of carbonyl (C=O) groups is 1.